The van der Waals surface area contributed by atoms with Crippen molar-refractivity contribution in [1.29, 1.82) is 5.26 Å². The Kier molecular flexibility index (Phi) is 3.32. The summed E-state index contributed by atoms with van der Waals surface area (Å²) in [6, 6.07) is 1.87. The molecule has 100 valence electrons. The molecule has 19 heavy (non-hydrogen) atoms. The average Bonchev–Trinajstić information content (AvgIpc) is 2.60. The minimum absolute atomic E-state index is 0.0156. The van der Waals surface area contributed by atoms with Crippen molar-refractivity contribution in [1.82, 2.24) is 4.90 Å². The molecule has 4 heteroatoms. The first-order valence-corrected chi connectivity index (χ1v) is 6.46. The van der Waals surface area contributed by atoms with E-state index in [4.69, 9.17) is 5.26 Å². The van der Waals surface area contributed by atoms with Crippen LogP contribution in [-0.4, -0.2) is 28.6 Å². The van der Waals surface area contributed by atoms with E-state index >= 15 is 0 Å². The van der Waals surface area contributed by atoms with Gasteiger partial charge in [-0.05, 0) is 18.6 Å². The van der Waals surface area contributed by atoms with Crippen molar-refractivity contribution in [3.05, 3.63) is 24.4 Å². The third kappa shape index (κ3) is 2.46. The van der Waals surface area contributed by atoms with Crippen LogP contribution in [-0.2, 0) is 9.59 Å². The molecule has 3 unspecified atom stereocenters. The van der Waals surface area contributed by atoms with Crippen molar-refractivity contribution in [3.63, 3.8) is 0 Å². The van der Waals surface area contributed by atoms with E-state index in [9.17, 15) is 9.59 Å². The first-order valence-electron chi connectivity index (χ1n) is 6.46. The highest BCUT2D eigenvalue weighted by Crippen LogP contribution is 2.34. The monoisotopic (exact) mass is 258 g/mol. The predicted octanol–water partition coefficient (Wildman–Crippen LogP) is 1.84. The molecule has 2 bridgehead atoms. The second-order valence-corrected chi connectivity index (χ2v) is 6.12. The van der Waals surface area contributed by atoms with Crippen molar-refractivity contribution < 1.29 is 9.59 Å². The van der Waals surface area contributed by atoms with Gasteiger partial charge >= 0.3 is 0 Å². The lowest BCUT2D eigenvalue weighted by Crippen LogP contribution is -2.39. The Morgan fingerprint density at radius 3 is 2.79 bits per heavy atom. The summed E-state index contributed by atoms with van der Waals surface area (Å²) in [4.78, 5) is 25.5. The van der Waals surface area contributed by atoms with Crippen molar-refractivity contribution in [2.24, 2.45) is 11.3 Å². The number of hydrogen-bond donors (Lipinski definition) is 0. The van der Waals surface area contributed by atoms with E-state index in [1.807, 2.05) is 25.7 Å². The van der Waals surface area contributed by atoms with Crippen LogP contribution in [0.25, 0.3) is 0 Å². The molecule has 2 rings (SSSR count). The highest BCUT2D eigenvalue weighted by molar-refractivity contribution is 5.97. The molecule has 0 saturated carbocycles. The fourth-order valence-corrected chi connectivity index (χ4v) is 2.45. The van der Waals surface area contributed by atoms with E-state index in [-0.39, 0.29) is 29.6 Å². The Balaban J connectivity index is 2.20. The molecular formula is C15H18N2O2. The molecule has 3 atom stereocenters. The smallest absolute Gasteiger partial charge is 0.177 e. The summed E-state index contributed by atoms with van der Waals surface area (Å²) in [5.74, 6) is -0.147. The average molecular weight is 258 g/mol. The number of rotatable bonds is 2. The van der Waals surface area contributed by atoms with Gasteiger partial charge in [0.2, 0.25) is 0 Å². The molecular weight excluding hydrogens is 240 g/mol. The van der Waals surface area contributed by atoms with Crippen molar-refractivity contribution in [2.45, 2.75) is 39.3 Å². The minimum atomic E-state index is -0.431. The molecule has 1 fully saturated rings. The molecule has 2 aliphatic rings. The quantitative estimate of drug-likeness (QED) is 0.709. The van der Waals surface area contributed by atoms with Crippen LogP contribution in [0.15, 0.2) is 24.4 Å². The third-order valence-corrected chi connectivity index (χ3v) is 3.68. The van der Waals surface area contributed by atoms with Crippen molar-refractivity contribution in [3.8, 4) is 6.07 Å². The van der Waals surface area contributed by atoms with E-state index in [2.05, 4.69) is 6.07 Å². The van der Waals surface area contributed by atoms with Gasteiger partial charge in [0, 0.05) is 11.6 Å². The molecule has 0 amide bonds. The number of nitriles is 1. The van der Waals surface area contributed by atoms with Gasteiger partial charge in [0.1, 0.15) is 0 Å². The van der Waals surface area contributed by atoms with Crippen LogP contribution in [0.1, 0.15) is 27.2 Å². The van der Waals surface area contributed by atoms with Crippen LogP contribution in [0, 0.1) is 22.7 Å². The molecule has 0 N–H and O–H groups in total. The van der Waals surface area contributed by atoms with Gasteiger partial charge in [-0.1, -0.05) is 26.8 Å². The fourth-order valence-electron chi connectivity index (χ4n) is 2.45. The number of hydrogen-bond acceptors (Lipinski definition) is 4. The van der Waals surface area contributed by atoms with Gasteiger partial charge in [-0.15, -0.1) is 0 Å². The van der Waals surface area contributed by atoms with Gasteiger partial charge in [-0.25, -0.2) is 0 Å². The number of nitrogens with zero attached hydrogens (tertiary/aromatic N) is 2. The van der Waals surface area contributed by atoms with E-state index < -0.39 is 5.41 Å². The maximum Gasteiger partial charge on any atom is 0.177 e. The SMILES string of the molecule is CC(C)(C)C(=O)C=CN1C2CC(C#N)C1C=CC2=O. The highest BCUT2D eigenvalue weighted by atomic mass is 16.1. The molecule has 2 heterocycles. The lowest BCUT2D eigenvalue weighted by molar-refractivity contribution is -0.122. The maximum absolute atomic E-state index is 11.9. The summed E-state index contributed by atoms with van der Waals surface area (Å²) in [5, 5.41) is 9.11. The lowest BCUT2D eigenvalue weighted by atomic mass is 9.91. The number of carbonyl (C=O) groups is 2. The van der Waals surface area contributed by atoms with Gasteiger partial charge in [-0.3, -0.25) is 9.59 Å². The summed E-state index contributed by atoms with van der Waals surface area (Å²) in [6.07, 6.45) is 7.07. The highest BCUT2D eigenvalue weighted by Gasteiger charge is 2.43. The summed E-state index contributed by atoms with van der Waals surface area (Å²) in [7, 11) is 0. The molecule has 0 radical (unpaired) electrons. The number of allylic oxidation sites excluding steroid dienone is 1. The second kappa shape index (κ2) is 4.65. The summed E-state index contributed by atoms with van der Waals surface area (Å²) in [5.41, 5.74) is -0.431. The molecule has 1 saturated heterocycles. The molecule has 0 aromatic rings. The summed E-state index contributed by atoms with van der Waals surface area (Å²) >= 11 is 0. The zero-order valence-corrected chi connectivity index (χ0v) is 11.5. The fraction of sp³-hybridized carbons (Fsp3) is 0.533. The van der Waals surface area contributed by atoms with Crippen LogP contribution in [0.2, 0.25) is 0 Å². The number of fused-ring (bicyclic) bond motifs is 2. The first-order chi connectivity index (χ1) is 8.84. The van der Waals surface area contributed by atoms with Crippen LogP contribution in [0.3, 0.4) is 0 Å². The van der Waals surface area contributed by atoms with Crippen LogP contribution in [0.4, 0.5) is 0 Å². The van der Waals surface area contributed by atoms with E-state index in [0.29, 0.717) is 6.42 Å². The van der Waals surface area contributed by atoms with E-state index in [1.54, 1.807) is 18.4 Å². The molecule has 0 aromatic carbocycles. The Morgan fingerprint density at radius 2 is 2.21 bits per heavy atom. The number of carbonyl (C=O) groups excluding carboxylic acids is 2. The predicted molar refractivity (Wildman–Crippen MR) is 70.9 cm³/mol. The largest absolute Gasteiger partial charge is 0.359 e. The van der Waals surface area contributed by atoms with Gasteiger partial charge in [0.25, 0.3) is 0 Å². The Bertz CT molecular complexity index is 505. The molecule has 2 aliphatic heterocycles. The zero-order chi connectivity index (χ0) is 14.2. The normalized spacial score (nSPS) is 29.9. The third-order valence-electron chi connectivity index (χ3n) is 3.68. The molecule has 0 spiro atoms. The molecule has 0 aliphatic carbocycles. The maximum atomic E-state index is 11.9. The topological polar surface area (TPSA) is 61.2 Å². The van der Waals surface area contributed by atoms with Crippen molar-refractivity contribution in [2.75, 3.05) is 0 Å². The zero-order valence-electron chi connectivity index (χ0n) is 11.5. The molecule has 4 nitrogen and oxygen atoms in total. The number of ketones is 2. The first kappa shape index (κ1) is 13.5. The lowest BCUT2D eigenvalue weighted by Gasteiger charge is -2.29. The Morgan fingerprint density at radius 1 is 1.53 bits per heavy atom. The summed E-state index contributed by atoms with van der Waals surface area (Å²) < 4.78 is 0. The van der Waals surface area contributed by atoms with E-state index in [0.717, 1.165) is 0 Å². The second-order valence-electron chi connectivity index (χ2n) is 6.12. The van der Waals surface area contributed by atoms with Crippen LogP contribution >= 0.6 is 0 Å². The van der Waals surface area contributed by atoms with Crippen LogP contribution in [0.5, 0.6) is 0 Å². The van der Waals surface area contributed by atoms with Gasteiger partial charge < -0.3 is 4.90 Å². The van der Waals surface area contributed by atoms with Crippen molar-refractivity contribution >= 4 is 11.6 Å². The Hall–Kier alpha value is -1.89. The minimum Gasteiger partial charge on any atom is -0.359 e. The van der Waals surface area contributed by atoms with E-state index in [1.165, 1.54) is 6.08 Å². The van der Waals surface area contributed by atoms with Crippen LogP contribution < -0.4 is 0 Å². The molecule has 0 aromatic heterocycles. The Labute approximate surface area is 113 Å². The van der Waals surface area contributed by atoms with Gasteiger partial charge in [0.15, 0.2) is 11.6 Å². The van der Waals surface area contributed by atoms with Gasteiger partial charge in [0.05, 0.1) is 24.1 Å². The summed E-state index contributed by atoms with van der Waals surface area (Å²) in [6.45, 7) is 5.56. The van der Waals surface area contributed by atoms with Gasteiger partial charge in [-0.2, -0.15) is 5.26 Å². The standard InChI is InChI=1S/C15H18N2O2/c1-15(2,3)14(19)6-7-17-11-4-5-13(18)12(17)8-10(11)9-16/h4-7,10-12H,8H2,1-3H3.